The summed E-state index contributed by atoms with van der Waals surface area (Å²) >= 11 is 0. The molecule has 1 N–H and O–H groups in total. The zero-order valence-corrected chi connectivity index (χ0v) is 10.2. The van der Waals surface area contributed by atoms with Crippen molar-refractivity contribution in [1.82, 2.24) is 5.32 Å². The highest BCUT2D eigenvalue weighted by molar-refractivity contribution is 4.98. The first kappa shape index (κ1) is 11.9. The minimum Gasteiger partial charge on any atom is -0.381 e. The van der Waals surface area contributed by atoms with Gasteiger partial charge in [-0.25, -0.2) is 0 Å². The van der Waals surface area contributed by atoms with Gasteiger partial charge in [-0.15, -0.1) is 0 Å². The maximum atomic E-state index is 9.16. The fourth-order valence-corrected chi connectivity index (χ4v) is 2.87. The van der Waals surface area contributed by atoms with Gasteiger partial charge >= 0.3 is 0 Å². The molecule has 3 nitrogen and oxygen atoms in total. The Labute approximate surface area is 98.2 Å². The van der Waals surface area contributed by atoms with Gasteiger partial charge in [-0.05, 0) is 32.6 Å². The number of hydrogen-bond acceptors (Lipinski definition) is 3. The van der Waals surface area contributed by atoms with Crippen molar-refractivity contribution in [2.24, 2.45) is 5.92 Å². The van der Waals surface area contributed by atoms with Gasteiger partial charge in [-0.3, -0.25) is 0 Å². The van der Waals surface area contributed by atoms with Crippen molar-refractivity contribution in [1.29, 1.82) is 5.26 Å². The maximum Gasteiger partial charge on any atom is 0.0672 e. The summed E-state index contributed by atoms with van der Waals surface area (Å²) in [6.45, 7) is 3.99. The third kappa shape index (κ3) is 2.75. The number of nitriles is 1. The minimum absolute atomic E-state index is 0.190. The highest BCUT2D eigenvalue weighted by Gasteiger charge is 2.33. The van der Waals surface area contributed by atoms with Gasteiger partial charge in [0, 0.05) is 24.8 Å². The van der Waals surface area contributed by atoms with Crippen LogP contribution in [0.4, 0.5) is 0 Å². The molecule has 16 heavy (non-hydrogen) atoms. The summed E-state index contributed by atoms with van der Waals surface area (Å²) in [5, 5.41) is 12.9. The summed E-state index contributed by atoms with van der Waals surface area (Å²) in [5.41, 5.74) is 0.190. The van der Waals surface area contributed by atoms with Crippen LogP contribution >= 0.6 is 0 Å². The highest BCUT2D eigenvalue weighted by Crippen LogP contribution is 2.28. The Balaban J connectivity index is 1.93. The predicted octanol–water partition coefficient (Wildman–Crippen LogP) is 2.23. The van der Waals surface area contributed by atoms with Gasteiger partial charge in [0.05, 0.1) is 12.0 Å². The van der Waals surface area contributed by atoms with E-state index in [1.165, 1.54) is 12.8 Å². The maximum absolute atomic E-state index is 9.16. The van der Waals surface area contributed by atoms with Crippen LogP contribution in [0, 0.1) is 17.2 Å². The number of hydrogen-bond donors (Lipinski definition) is 1. The molecule has 0 amide bonds. The molecule has 0 aromatic heterocycles. The molecule has 0 aromatic rings. The monoisotopic (exact) mass is 222 g/mol. The van der Waals surface area contributed by atoms with E-state index in [2.05, 4.69) is 18.3 Å². The summed E-state index contributed by atoms with van der Waals surface area (Å²) in [5.74, 6) is 0.216. The third-order valence-electron chi connectivity index (χ3n) is 4.06. The molecule has 1 heterocycles. The van der Waals surface area contributed by atoms with Crippen molar-refractivity contribution < 1.29 is 4.74 Å². The van der Waals surface area contributed by atoms with Crippen LogP contribution in [-0.2, 0) is 4.74 Å². The van der Waals surface area contributed by atoms with E-state index in [0.717, 1.165) is 38.9 Å². The lowest BCUT2D eigenvalue weighted by Gasteiger charge is -2.40. The molecule has 0 bridgehead atoms. The number of nitrogens with one attached hydrogen (secondary N) is 1. The number of ether oxygens (including phenoxy) is 1. The molecular weight excluding hydrogens is 200 g/mol. The van der Waals surface area contributed by atoms with E-state index in [9.17, 15) is 0 Å². The minimum atomic E-state index is 0.190. The third-order valence-corrected chi connectivity index (χ3v) is 4.06. The smallest absolute Gasteiger partial charge is 0.0672 e. The average Bonchev–Trinajstić information content (AvgIpc) is 2.30. The Morgan fingerprint density at radius 1 is 1.25 bits per heavy atom. The molecule has 1 saturated carbocycles. The molecule has 2 fully saturated rings. The second-order valence-electron chi connectivity index (χ2n) is 5.44. The lowest BCUT2D eigenvalue weighted by molar-refractivity contribution is 0.0358. The summed E-state index contributed by atoms with van der Waals surface area (Å²) in [4.78, 5) is 0. The van der Waals surface area contributed by atoms with Crippen LogP contribution < -0.4 is 5.32 Å². The van der Waals surface area contributed by atoms with Crippen LogP contribution in [0.2, 0.25) is 0 Å². The second-order valence-corrected chi connectivity index (χ2v) is 5.44. The Morgan fingerprint density at radius 2 is 1.94 bits per heavy atom. The summed E-state index contributed by atoms with van der Waals surface area (Å²) < 4.78 is 5.40. The molecule has 0 radical (unpaired) electrons. The van der Waals surface area contributed by atoms with E-state index in [1.807, 2.05) is 0 Å². The van der Waals surface area contributed by atoms with E-state index in [0.29, 0.717) is 6.04 Å². The highest BCUT2D eigenvalue weighted by atomic mass is 16.5. The number of nitrogens with zero attached hydrogens (tertiary/aromatic N) is 1. The lowest BCUT2D eigenvalue weighted by atomic mass is 9.82. The van der Waals surface area contributed by atoms with Gasteiger partial charge in [0.25, 0.3) is 0 Å². The largest absolute Gasteiger partial charge is 0.381 e. The van der Waals surface area contributed by atoms with Crippen LogP contribution in [0.25, 0.3) is 0 Å². The van der Waals surface area contributed by atoms with E-state index in [-0.39, 0.29) is 11.5 Å². The van der Waals surface area contributed by atoms with Gasteiger partial charge in [0.1, 0.15) is 0 Å². The number of rotatable bonds is 2. The molecule has 1 saturated heterocycles. The zero-order chi connectivity index (χ0) is 11.4. The van der Waals surface area contributed by atoms with Gasteiger partial charge < -0.3 is 10.1 Å². The molecule has 0 spiro atoms. The van der Waals surface area contributed by atoms with E-state index in [4.69, 9.17) is 10.00 Å². The Bertz CT molecular complexity index is 266. The van der Waals surface area contributed by atoms with Crippen molar-refractivity contribution in [3.63, 3.8) is 0 Å². The van der Waals surface area contributed by atoms with Gasteiger partial charge in [0.2, 0.25) is 0 Å². The first-order valence-corrected chi connectivity index (χ1v) is 6.49. The molecule has 1 aliphatic heterocycles. The molecule has 2 aliphatic rings. The van der Waals surface area contributed by atoms with E-state index >= 15 is 0 Å². The Morgan fingerprint density at radius 3 is 2.62 bits per heavy atom. The van der Waals surface area contributed by atoms with Crippen molar-refractivity contribution in [2.75, 3.05) is 13.2 Å². The van der Waals surface area contributed by atoms with Crippen molar-refractivity contribution in [2.45, 2.75) is 57.0 Å². The topological polar surface area (TPSA) is 45.0 Å². The second kappa shape index (κ2) is 5.16. The standard InChI is InChI=1S/C13H22N2O/c1-13(6-8-16-9-7-13)15-12-5-3-2-4-11(12)10-14/h11-12,15H,2-9H2,1H3. The fourth-order valence-electron chi connectivity index (χ4n) is 2.87. The van der Waals surface area contributed by atoms with Crippen LogP contribution in [0.15, 0.2) is 0 Å². The van der Waals surface area contributed by atoms with Gasteiger partial charge in [-0.2, -0.15) is 5.26 Å². The summed E-state index contributed by atoms with van der Waals surface area (Å²) in [7, 11) is 0. The first-order chi connectivity index (χ1) is 7.73. The van der Waals surface area contributed by atoms with E-state index < -0.39 is 0 Å². The predicted molar refractivity (Wildman–Crippen MR) is 63.0 cm³/mol. The van der Waals surface area contributed by atoms with Gasteiger partial charge in [0.15, 0.2) is 0 Å². The normalized spacial score (nSPS) is 34.2. The van der Waals surface area contributed by atoms with Crippen LogP contribution in [-0.4, -0.2) is 24.8 Å². The van der Waals surface area contributed by atoms with Crippen LogP contribution in [0.5, 0.6) is 0 Å². The fraction of sp³-hybridized carbons (Fsp3) is 0.923. The lowest BCUT2D eigenvalue weighted by Crippen LogP contribution is -2.54. The molecule has 2 rings (SSSR count). The summed E-state index contributed by atoms with van der Waals surface area (Å²) in [6.07, 6.45) is 6.86. The Kier molecular flexibility index (Phi) is 3.83. The molecule has 2 unspecified atom stereocenters. The molecule has 1 aliphatic carbocycles. The van der Waals surface area contributed by atoms with Crippen molar-refractivity contribution in [3.8, 4) is 6.07 Å². The van der Waals surface area contributed by atoms with Crippen molar-refractivity contribution in [3.05, 3.63) is 0 Å². The van der Waals surface area contributed by atoms with Crippen molar-refractivity contribution >= 4 is 0 Å². The zero-order valence-electron chi connectivity index (χ0n) is 10.2. The molecule has 0 aromatic carbocycles. The molecule has 90 valence electrons. The average molecular weight is 222 g/mol. The Hall–Kier alpha value is -0.590. The molecular formula is C13H22N2O. The van der Waals surface area contributed by atoms with Gasteiger partial charge in [-0.1, -0.05) is 12.8 Å². The van der Waals surface area contributed by atoms with Crippen LogP contribution in [0.1, 0.15) is 45.4 Å². The van der Waals surface area contributed by atoms with Crippen LogP contribution in [0.3, 0.4) is 0 Å². The quantitative estimate of drug-likeness (QED) is 0.779. The first-order valence-electron chi connectivity index (χ1n) is 6.49. The molecule has 2 atom stereocenters. The molecule has 3 heteroatoms. The van der Waals surface area contributed by atoms with E-state index in [1.54, 1.807) is 0 Å². The SMILES string of the molecule is CC1(NC2CCCCC2C#N)CCOCC1. The summed E-state index contributed by atoms with van der Waals surface area (Å²) in [6, 6.07) is 2.87.